The van der Waals surface area contributed by atoms with Crippen LogP contribution >= 0.6 is 11.6 Å². The van der Waals surface area contributed by atoms with Crippen LogP contribution in [0.15, 0.2) is 36.9 Å². The van der Waals surface area contributed by atoms with Gasteiger partial charge in [-0.1, -0.05) is 23.7 Å². The molecule has 0 saturated heterocycles. The Hall–Kier alpha value is -2.01. The van der Waals surface area contributed by atoms with Crippen molar-refractivity contribution < 1.29 is 19.4 Å². The highest BCUT2D eigenvalue weighted by Gasteiger charge is 2.20. The Morgan fingerprint density at radius 1 is 1.50 bits per heavy atom. The van der Waals surface area contributed by atoms with E-state index in [-0.39, 0.29) is 18.9 Å². The van der Waals surface area contributed by atoms with E-state index in [0.29, 0.717) is 17.2 Å². The number of benzene rings is 1. The number of amides is 1. The topological polar surface area (TPSA) is 75.6 Å². The monoisotopic (exact) mass is 297 g/mol. The van der Waals surface area contributed by atoms with Crippen molar-refractivity contribution in [2.45, 2.75) is 18.9 Å². The Morgan fingerprint density at radius 3 is 2.85 bits per heavy atom. The van der Waals surface area contributed by atoms with Crippen LogP contribution in [0.4, 0.5) is 0 Å². The summed E-state index contributed by atoms with van der Waals surface area (Å²) in [5.74, 6) is -1.06. The number of carboxylic acid groups (broad SMARTS) is 1. The summed E-state index contributed by atoms with van der Waals surface area (Å²) in [6.45, 7) is 3.33. The minimum Gasteiger partial charge on any atom is -0.491 e. The number of rotatable bonds is 8. The van der Waals surface area contributed by atoms with Crippen LogP contribution in [0.5, 0.6) is 5.75 Å². The van der Waals surface area contributed by atoms with Crippen LogP contribution in [0.25, 0.3) is 0 Å². The maximum atomic E-state index is 11.5. The molecule has 5 nitrogen and oxygen atoms in total. The largest absolute Gasteiger partial charge is 0.491 e. The number of carboxylic acids is 1. The summed E-state index contributed by atoms with van der Waals surface area (Å²) in [5.41, 5.74) is 0. The fourth-order valence-electron chi connectivity index (χ4n) is 1.41. The molecular formula is C14H16ClNO4. The lowest BCUT2D eigenvalue weighted by atomic mass is 10.2. The number of carbonyl (C=O) groups excluding carboxylic acids is 1. The molecule has 0 radical (unpaired) electrons. The van der Waals surface area contributed by atoms with E-state index >= 15 is 0 Å². The quantitative estimate of drug-likeness (QED) is 0.722. The Balaban J connectivity index is 2.53. The zero-order chi connectivity index (χ0) is 15.0. The van der Waals surface area contributed by atoms with Crippen molar-refractivity contribution in [2.75, 3.05) is 6.61 Å². The number of hydrogen-bond donors (Lipinski definition) is 2. The lowest BCUT2D eigenvalue weighted by molar-refractivity contribution is -0.142. The molecule has 1 aromatic rings. The average molecular weight is 298 g/mol. The van der Waals surface area contributed by atoms with Gasteiger partial charge in [0.15, 0.2) is 6.04 Å². The van der Waals surface area contributed by atoms with Gasteiger partial charge in [0.05, 0.1) is 0 Å². The molecule has 20 heavy (non-hydrogen) atoms. The number of nitrogens with one attached hydrogen (secondary N) is 1. The molecule has 0 spiro atoms. The lowest BCUT2D eigenvalue weighted by Gasteiger charge is -2.15. The van der Waals surface area contributed by atoms with Gasteiger partial charge in [-0.3, -0.25) is 4.79 Å². The standard InChI is InChI=1S/C14H16ClNO4/c1-2-3-7-13(17)16-12(14(18)19)9-20-11-6-4-5-10(15)8-11/h2,4-6,8,12H,1,3,7,9H2,(H,16,17)(H,18,19). The third-order valence-corrected chi connectivity index (χ3v) is 2.66. The van der Waals surface area contributed by atoms with Crippen molar-refractivity contribution in [3.63, 3.8) is 0 Å². The van der Waals surface area contributed by atoms with E-state index in [9.17, 15) is 9.59 Å². The summed E-state index contributed by atoms with van der Waals surface area (Å²) in [5, 5.41) is 11.9. The van der Waals surface area contributed by atoms with Crippen LogP contribution in [0.2, 0.25) is 5.02 Å². The van der Waals surface area contributed by atoms with Crippen molar-refractivity contribution >= 4 is 23.5 Å². The Labute approximate surface area is 122 Å². The number of hydrogen-bond acceptors (Lipinski definition) is 3. The predicted molar refractivity (Wildman–Crippen MR) is 75.9 cm³/mol. The predicted octanol–water partition coefficient (Wildman–Crippen LogP) is 2.25. The van der Waals surface area contributed by atoms with Gasteiger partial charge in [0, 0.05) is 11.4 Å². The Bertz CT molecular complexity index is 490. The molecular weight excluding hydrogens is 282 g/mol. The van der Waals surface area contributed by atoms with E-state index in [1.807, 2.05) is 0 Å². The van der Waals surface area contributed by atoms with Crippen LogP contribution < -0.4 is 10.1 Å². The van der Waals surface area contributed by atoms with E-state index in [4.69, 9.17) is 21.4 Å². The highest BCUT2D eigenvalue weighted by Crippen LogP contribution is 2.17. The second kappa shape index (κ2) is 8.22. The molecule has 1 aromatic carbocycles. The van der Waals surface area contributed by atoms with Crippen molar-refractivity contribution in [3.05, 3.63) is 41.9 Å². The fraction of sp³-hybridized carbons (Fsp3) is 0.286. The number of aliphatic carboxylic acids is 1. The fourth-order valence-corrected chi connectivity index (χ4v) is 1.59. The molecule has 0 aromatic heterocycles. The first-order chi connectivity index (χ1) is 9.52. The van der Waals surface area contributed by atoms with Gasteiger partial charge in [-0.25, -0.2) is 4.79 Å². The van der Waals surface area contributed by atoms with Crippen LogP contribution in [0.1, 0.15) is 12.8 Å². The van der Waals surface area contributed by atoms with Gasteiger partial charge in [-0.15, -0.1) is 6.58 Å². The summed E-state index contributed by atoms with van der Waals surface area (Å²) >= 11 is 5.79. The number of ether oxygens (including phenoxy) is 1. The smallest absolute Gasteiger partial charge is 0.329 e. The third-order valence-electron chi connectivity index (χ3n) is 2.42. The number of carbonyl (C=O) groups is 2. The summed E-state index contributed by atoms with van der Waals surface area (Å²) < 4.78 is 5.32. The van der Waals surface area contributed by atoms with Crippen molar-refractivity contribution in [2.24, 2.45) is 0 Å². The minimum absolute atomic E-state index is 0.171. The molecule has 0 aliphatic rings. The van der Waals surface area contributed by atoms with Gasteiger partial charge in [0.25, 0.3) is 0 Å². The van der Waals surface area contributed by atoms with Gasteiger partial charge < -0.3 is 15.2 Å². The van der Waals surface area contributed by atoms with Gasteiger partial charge in [0.2, 0.25) is 5.91 Å². The molecule has 0 heterocycles. The van der Waals surface area contributed by atoms with Crippen LogP contribution in [0.3, 0.4) is 0 Å². The zero-order valence-electron chi connectivity index (χ0n) is 10.8. The molecule has 1 amide bonds. The molecule has 1 unspecified atom stereocenters. The van der Waals surface area contributed by atoms with Gasteiger partial charge in [0.1, 0.15) is 12.4 Å². The van der Waals surface area contributed by atoms with Gasteiger partial charge >= 0.3 is 5.97 Å². The Morgan fingerprint density at radius 2 is 2.25 bits per heavy atom. The Kier molecular flexibility index (Phi) is 6.59. The minimum atomic E-state index is -1.15. The molecule has 0 bridgehead atoms. The van der Waals surface area contributed by atoms with Crippen molar-refractivity contribution in [1.82, 2.24) is 5.32 Å². The first kappa shape index (κ1) is 16.0. The third kappa shape index (κ3) is 5.75. The molecule has 2 N–H and O–H groups in total. The highest BCUT2D eigenvalue weighted by atomic mass is 35.5. The van der Waals surface area contributed by atoms with E-state index in [1.54, 1.807) is 30.3 Å². The molecule has 1 atom stereocenters. The summed E-state index contributed by atoms with van der Waals surface area (Å²) in [4.78, 5) is 22.5. The van der Waals surface area contributed by atoms with Crippen molar-refractivity contribution in [3.8, 4) is 5.75 Å². The SMILES string of the molecule is C=CCCC(=O)NC(COc1cccc(Cl)c1)C(=O)O. The number of allylic oxidation sites excluding steroid dienone is 1. The zero-order valence-corrected chi connectivity index (χ0v) is 11.6. The first-order valence-electron chi connectivity index (χ1n) is 6.04. The van der Waals surface area contributed by atoms with Gasteiger partial charge in [-0.2, -0.15) is 0 Å². The maximum Gasteiger partial charge on any atom is 0.329 e. The van der Waals surface area contributed by atoms with E-state index in [1.165, 1.54) is 0 Å². The normalized spacial score (nSPS) is 11.4. The molecule has 6 heteroatoms. The summed E-state index contributed by atoms with van der Waals surface area (Å²) in [6, 6.07) is 5.49. The number of halogens is 1. The van der Waals surface area contributed by atoms with E-state index < -0.39 is 12.0 Å². The van der Waals surface area contributed by atoms with Gasteiger partial charge in [-0.05, 0) is 24.6 Å². The van der Waals surface area contributed by atoms with Crippen LogP contribution in [-0.4, -0.2) is 29.6 Å². The molecule has 0 aliphatic carbocycles. The molecule has 1 rings (SSSR count). The summed E-state index contributed by atoms with van der Waals surface area (Å²) in [6.07, 6.45) is 2.29. The highest BCUT2D eigenvalue weighted by molar-refractivity contribution is 6.30. The molecule has 0 aliphatic heterocycles. The van der Waals surface area contributed by atoms with E-state index in [0.717, 1.165) is 0 Å². The second-order valence-electron chi connectivity index (χ2n) is 4.05. The first-order valence-corrected chi connectivity index (χ1v) is 6.42. The van der Waals surface area contributed by atoms with Crippen LogP contribution in [-0.2, 0) is 9.59 Å². The maximum absolute atomic E-state index is 11.5. The second-order valence-corrected chi connectivity index (χ2v) is 4.49. The lowest BCUT2D eigenvalue weighted by Crippen LogP contribution is -2.44. The molecule has 108 valence electrons. The van der Waals surface area contributed by atoms with E-state index in [2.05, 4.69) is 11.9 Å². The van der Waals surface area contributed by atoms with Crippen molar-refractivity contribution in [1.29, 1.82) is 0 Å². The average Bonchev–Trinajstić information content (AvgIpc) is 2.41. The molecule has 0 saturated carbocycles. The van der Waals surface area contributed by atoms with Crippen LogP contribution in [0, 0.1) is 0 Å². The summed E-state index contributed by atoms with van der Waals surface area (Å²) in [7, 11) is 0. The molecule has 0 fully saturated rings.